The van der Waals surface area contributed by atoms with Crippen molar-refractivity contribution in [2.24, 2.45) is 0 Å². The molecule has 16 heavy (non-hydrogen) atoms. The van der Waals surface area contributed by atoms with Crippen LogP contribution in [-0.2, 0) is 17.8 Å². The normalized spacial score (nSPS) is 15.3. The Balaban J connectivity index is 1.98. The highest BCUT2D eigenvalue weighted by Crippen LogP contribution is 2.18. The van der Waals surface area contributed by atoms with E-state index in [1.807, 2.05) is 0 Å². The molecular weight excluding hydrogens is 206 g/mol. The summed E-state index contributed by atoms with van der Waals surface area (Å²) in [6.07, 6.45) is 2.51. The van der Waals surface area contributed by atoms with Crippen molar-refractivity contribution in [2.45, 2.75) is 32.0 Å². The lowest BCUT2D eigenvalue weighted by Crippen LogP contribution is -2.26. The van der Waals surface area contributed by atoms with E-state index in [1.54, 1.807) is 19.2 Å². The van der Waals surface area contributed by atoms with Crippen LogP contribution in [0.4, 0.5) is 0 Å². The van der Waals surface area contributed by atoms with Crippen LogP contribution in [-0.4, -0.2) is 29.5 Å². The smallest absolute Gasteiger partial charge is 0.266 e. The summed E-state index contributed by atoms with van der Waals surface area (Å²) in [5.41, 5.74) is 0.829. The second kappa shape index (κ2) is 5.23. The van der Waals surface area contributed by atoms with Crippen molar-refractivity contribution in [3.05, 3.63) is 28.2 Å². The zero-order chi connectivity index (χ0) is 11.4. The van der Waals surface area contributed by atoms with Crippen LogP contribution in [0.1, 0.15) is 18.5 Å². The third-order valence-corrected chi connectivity index (χ3v) is 2.58. The molecule has 5 heteroatoms. The molecule has 1 aliphatic carbocycles. The molecular formula is C11H17N3O2. The average molecular weight is 223 g/mol. The molecule has 5 nitrogen and oxygen atoms in total. The number of aromatic nitrogens is 2. The molecule has 88 valence electrons. The first-order chi connectivity index (χ1) is 7.79. The minimum Gasteiger partial charge on any atom is -0.383 e. The third kappa shape index (κ3) is 3.15. The zero-order valence-corrected chi connectivity index (χ0v) is 9.48. The predicted molar refractivity (Wildman–Crippen MR) is 60.2 cm³/mol. The molecule has 0 spiro atoms. The van der Waals surface area contributed by atoms with Crippen molar-refractivity contribution in [3.63, 3.8) is 0 Å². The minimum atomic E-state index is -0.0766. The van der Waals surface area contributed by atoms with Crippen LogP contribution in [0.15, 0.2) is 16.9 Å². The number of hydrogen-bond donors (Lipinski definition) is 1. The largest absolute Gasteiger partial charge is 0.383 e. The maximum atomic E-state index is 11.5. The molecule has 1 N–H and O–H groups in total. The molecule has 0 radical (unpaired) electrons. The van der Waals surface area contributed by atoms with Gasteiger partial charge in [-0.3, -0.25) is 4.79 Å². The Hall–Kier alpha value is -1.20. The number of nitrogens with zero attached hydrogens (tertiary/aromatic N) is 2. The van der Waals surface area contributed by atoms with Crippen molar-refractivity contribution in [1.29, 1.82) is 0 Å². The molecule has 1 aliphatic rings. The van der Waals surface area contributed by atoms with Gasteiger partial charge in [0.05, 0.1) is 18.8 Å². The third-order valence-electron chi connectivity index (χ3n) is 2.58. The predicted octanol–water partition coefficient (Wildman–Crippen LogP) is 0.142. The molecule has 1 saturated carbocycles. The summed E-state index contributed by atoms with van der Waals surface area (Å²) in [5.74, 6) is 0. The molecule has 0 bridgehead atoms. The standard InChI is InChI=1S/C11H17N3O2/c1-16-7-6-14-11(15)5-4-10(13-14)8-12-9-2-3-9/h4-5,9,12H,2-3,6-8H2,1H3. The lowest BCUT2D eigenvalue weighted by molar-refractivity contribution is 0.181. The fourth-order valence-electron chi connectivity index (χ4n) is 1.46. The van der Waals surface area contributed by atoms with Crippen LogP contribution in [0.5, 0.6) is 0 Å². The summed E-state index contributed by atoms with van der Waals surface area (Å²) in [4.78, 5) is 11.5. The Morgan fingerprint density at radius 1 is 1.56 bits per heavy atom. The highest BCUT2D eigenvalue weighted by Gasteiger charge is 2.20. The van der Waals surface area contributed by atoms with E-state index in [4.69, 9.17) is 4.74 Å². The van der Waals surface area contributed by atoms with Crippen LogP contribution < -0.4 is 10.9 Å². The summed E-state index contributed by atoms with van der Waals surface area (Å²) in [6.45, 7) is 1.75. The van der Waals surface area contributed by atoms with E-state index in [2.05, 4.69) is 10.4 Å². The molecule has 1 aromatic heterocycles. The lowest BCUT2D eigenvalue weighted by atomic mass is 10.4. The number of nitrogens with one attached hydrogen (secondary N) is 1. The Kier molecular flexibility index (Phi) is 3.69. The molecule has 0 amide bonds. The Bertz CT molecular complexity index is 398. The van der Waals surface area contributed by atoms with Gasteiger partial charge in [0, 0.05) is 25.8 Å². The van der Waals surface area contributed by atoms with Crippen molar-refractivity contribution in [2.75, 3.05) is 13.7 Å². The van der Waals surface area contributed by atoms with Gasteiger partial charge in [0.15, 0.2) is 0 Å². The highest BCUT2D eigenvalue weighted by atomic mass is 16.5. The first-order valence-corrected chi connectivity index (χ1v) is 5.59. The van der Waals surface area contributed by atoms with Crippen molar-refractivity contribution < 1.29 is 4.74 Å². The molecule has 2 rings (SSSR count). The van der Waals surface area contributed by atoms with E-state index in [-0.39, 0.29) is 5.56 Å². The fraction of sp³-hybridized carbons (Fsp3) is 0.636. The summed E-state index contributed by atoms with van der Waals surface area (Å²) < 4.78 is 6.39. The number of hydrogen-bond acceptors (Lipinski definition) is 4. The van der Waals surface area contributed by atoms with E-state index in [0.717, 1.165) is 12.2 Å². The molecule has 1 aromatic rings. The molecule has 0 saturated heterocycles. The summed E-state index contributed by atoms with van der Waals surface area (Å²) in [6, 6.07) is 3.99. The Morgan fingerprint density at radius 2 is 2.38 bits per heavy atom. The second-order valence-corrected chi connectivity index (χ2v) is 4.03. The van der Waals surface area contributed by atoms with E-state index < -0.39 is 0 Å². The van der Waals surface area contributed by atoms with Crippen molar-refractivity contribution in [3.8, 4) is 0 Å². The van der Waals surface area contributed by atoms with Gasteiger partial charge in [0.1, 0.15) is 0 Å². The van der Waals surface area contributed by atoms with E-state index in [0.29, 0.717) is 19.2 Å². The molecule has 0 unspecified atom stereocenters. The van der Waals surface area contributed by atoms with Crippen molar-refractivity contribution in [1.82, 2.24) is 15.1 Å². The van der Waals surface area contributed by atoms with Gasteiger partial charge in [0.2, 0.25) is 0 Å². The van der Waals surface area contributed by atoms with Crippen molar-refractivity contribution >= 4 is 0 Å². The first-order valence-electron chi connectivity index (χ1n) is 5.59. The first kappa shape index (κ1) is 11.3. The van der Waals surface area contributed by atoms with Gasteiger partial charge < -0.3 is 10.1 Å². The van der Waals surface area contributed by atoms with Gasteiger partial charge in [-0.25, -0.2) is 4.68 Å². The van der Waals surface area contributed by atoms with Crippen LogP contribution in [0.2, 0.25) is 0 Å². The Labute approximate surface area is 94.4 Å². The lowest BCUT2D eigenvalue weighted by Gasteiger charge is -2.06. The summed E-state index contributed by atoms with van der Waals surface area (Å²) >= 11 is 0. The summed E-state index contributed by atoms with van der Waals surface area (Å²) in [7, 11) is 1.61. The summed E-state index contributed by atoms with van der Waals surface area (Å²) in [5, 5.41) is 7.64. The van der Waals surface area contributed by atoms with Crippen LogP contribution in [0, 0.1) is 0 Å². The molecule has 0 aliphatic heterocycles. The molecule has 0 atom stereocenters. The van der Waals surface area contributed by atoms with E-state index in [1.165, 1.54) is 17.5 Å². The topological polar surface area (TPSA) is 56.1 Å². The molecule has 0 aromatic carbocycles. The van der Waals surface area contributed by atoms with Gasteiger partial charge in [-0.1, -0.05) is 0 Å². The van der Waals surface area contributed by atoms with Gasteiger partial charge in [0.25, 0.3) is 5.56 Å². The Morgan fingerprint density at radius 3 is 3.06 bits per heavy atom. The van der Waals surface area contributed by atoms with Crippen LogP contribution in [0.3, 0.4) is 0 Å². The SMILES string of the molecule is COCCn1nc(CNC2CC2)ccc1=O. The highest BCUT2D eigenvalue weighted by molar-refractivity contribution is 5.01. The van der Waals surface area contributed by atoms with E-state index >= 15 is 0 Å². The molecule has 1 heterocycles. The van der Waals surface area contributed by atoms with Gasteiger partial charge in [-0.15, -0.1) is 0 Å². The zero-order valence-electron chi connectivity index (χ0n) is 9.48. The second-order valence-electron chi connectivity index (χ2n) is 4.03. The number of ether oxygens (including phenoxy) is 1. The van der Waals surface area contributed by atoms with Gasteiger partial charge in [-0.05, 0) is 18.9 Å². The maximum absolute atomic E-state index is 11.5. The quantitative estimate of drug-likeness (QED) is 0.745. The fourth-order valence-corrected chi connectivity index (χ4v) is 1.46. The number of rotatable bonds is 6. The average Bonchev–Trinajstić information content (AvgIpc) is 3.10. The monoisotopic (exact) mass is 223 g/mol. The van der Waals surface area contributed by atoms with Crippen LogP contribution >= 0.6 is 0 Å². The minimum absolute atomic E-state index is 0.0766. The van der Waals surface area contributed by atoms with Gasteiger partial charge >= 0.3 is 0 Å². The maximum Gasteiger partial charge on any atom is 0.266 e. The van der Waals surface area contributed by atoms with Gasteiger partial charge in [-0.2, -0.15) is 5.10 Å². The molecule has 1 fully saturated rings. The van der Waals surface area contributed by atoms with Crippen LogP contribution in [0.25, 0.3) is 0 Å². The number of methoxy groups -OCH3 is 1. The van der Waals surface area contributed by atoms with E-state index in [9.17, 15) is 4.79 Å².